The second-order valence-electron chi connectivity index (χ2n) is 4.54. The number of rotatable bonds is 4. The van der Waals surface area contributed by atoms with E-state index in [2.05, 4.69) is 4.98 Å². The van der Waals surface area contributed by atoms with Crippen LogP contribution in [0.5, 0.6) is 0 Å². The maximum absolute atomic E-state index is 10.5. The Balaban J connectivity index is 1.98. The number of carbonyl (C=O) groups is 1. The predicted molar refractivity (Wildman–Crippen MR) is 64.4 cm³/mol. The van der Waals surface area contributed by atoms with Crippen LogP contribution in [0.2, 0.25) is 0 Å². The minimum absolute atomic E-state index is 0.0936. The Labute approximate surface area is 105 Å². The first-order valence-corrected chi connectivity index (χ1v) is 6.10. The fourth-order valence-electron chi connectivity index (χ4n) is 2.10. The first kappa shape index (κ1) is 13.0. The van der Waals surface area contributed by atoms with E-state index in [1.807, 2.05) is 12.1 Å². The Bertz CT molecular complexity index is 398. The highest BCUT2D eigenvalue weighted by Crippen LogP contribution is 2.25. The molecule has 0 spiro atoms. The lowest BCUT2D eigenvalue weighted by Crippen LogP contribution is -2.22. The van der Waals surface area contributed by atoms with Crippen molar-refractivity contribution in [3.8, 4) is 0 Å². The lowest BCUT2D eigenvalue weighted by atomic mass is 9.95. The Kier molecular flexibility index (Phi) is 4.28. The smallest absolute Gasteiger partial charge is 0.332 e. The summed E-state index contributed by atoms with van der Waals surface area (Å²) >= 11 is 0. The van der Waals surface area contributed by atoms with Gasteiger partial charge in [0.15, 0.2) is 6.10 Å². The second kappa shape index (κ2) is 5.93. The molecule has 1 saturated heterocycles. The number of pyridine rings is 1. The van der Waals surface area contributed by atoms with E-state index in [9.17, 15) is 9.90 Å². The van der Waals surface area contributed by atoms with Crippen LogP contribution in [0.15, 0.2) is 18.3 Å². The topological polar surface area (TPSA) is 79.7 Å². The molecule has 2 heterocycles. The van der Waals surface area contributed by atoms with Gasteiger partial charge in [-0.15, -0.1) is 0 Å². The highest BCUT2D eigenvalue weighted by Gasteiger charge is 2.18. The minimum Gasteiger partial charge on any atom is -0.479 e. The van der Waals surface area contributed by atoms with Crippen LogP contribution in [-0.4, -0.2) is 40.5 Å². The zero-order chi connectivity index (χ0) is 13.0. The molecule has 1 aromatic rings. The third kappa shape index (κ3) is 3.27. The van der Waals surface area contributed by atoms with Crippen LogP contribution in [0.1, 0.15) is 30.0 Å². The van der Waals surface area contributed by atoms with E-state index in [1.54, 1.807) is 6.20 Å². The summed E-state index contributed by atoms with van der Waals surface area (Å²) in [7, 11) is 0. The van der Waals surface area contributed by atoms with Crippen LogP contribution in [0.25, 0.3) is 0 Å². The summed E-state index contributed by atoms with van der Waals surface area (Å²) < 4.78 is 5.30. The molecule has 1 atom stereocenters. The molecule has 1 aromatic heterocycles. The van der Waals surface area contributed by atoms with Crippen molar-refractivity contribution < 1.29 is 19.7 Å². The fourth-order valence-corrected chi connectivity index (χ4v) is 2.10. The molecule has 0 aliphatic carbocycles. The molecule has 1 aliphatic heterocycles. The number of aliphatic hydroxyl groups excluding tert-OH is 1. The van der Waals surface area contributed by atoms with Crippen LogP contribution in [-0.2, 0) is 16.0 Å². The number of ether oxygens (including phenoxy) is 1. The van der Waals surface area contributed by atoms with E-state index >= 15 is 0 Å². The maximum Gasteiger partial charge on any atom is 0.332 e. The highest BCUT2D eigenvalue weighted by atomic mass is 16.5. The van der Waals surface area contributed by atoms with E-state index in [0.717, 1.165) is 37.3 Å². The molecule has 0 saturated carbocycles. The van der Waals surface area contributed by atoms with Crippen molar-refractivity contribution in [2.45, 2.75) is 31.3 Å². The van der Waals surface area contributed by atoms with Gasteiger partial charge in [-0.3, -0.25) is 4.98 Å². The van der Waals surface area contributed by atoms with Crippen LogP contribution in [0.4, 0.5) is 0 Å². The van der Waals surface area contributed by atoms with Gasteiger partial charge < -0.3 is 14.9 Å². The molecule has 98 valence electrons. The molecular weight excluding hydrogens is 234 g/mol. The van der Waals surface area contributed by atoms with Gasteiger partial charge in [0.05, 0.1) is 0 Å². The monoisotopic (exact) mass is 251 g/mol. The molecule has 1 unspecified atom stereocenters. The molecule has 5 heteroatoms. The minimum atomic E-state index is -1.36. The Hall–Kier alpha value is -1.46. The maximum atomic E-state index is 10.5. The average Bonchev–Trinajstić information content (AvgIpc) is 2.40. The fraction of sp³-hybridized carbons (Fsp3) is 0.538. The van der Waals surface area contributed by atoms with Crippen molar-refractivity contribution in [3.05, 3.63) is 29.6 Å². The molecule has 2 N–H and O–H groups in total. The van der Waals surface area contributed by atoms with E-state index in [-0.39, 0.29) is 6.42 Å². The summed E-state index contributed by atoms with van der Waals surface area (Å²) in [4.78, 5) is 14.9. The van der Waals surface area contributed by atoms with Gasteiger partial charge in [0.1, 0.15) is 0 Å². The average molecular weight is 251 g/mol. The van der Waals surface area contributed by atoms with Gasteiger partial charge in [0.2, 0.25) is 0 Å². The zero-order valence-electron chi connectivity index (χ0n) is 10.1. The Morgan fingerprint density at radius 2 is 2.17 bits per heavy atom. The number of nitrogens with zero attached hydrogens (tertiary/aromatic N) is 1. The van der Waals surface area contributed by atoms with Gasteiger partial charge in [0.25, 0.3) is 0 Å². The van der Waals surface area contributed by atoms with Gasteiger partial charge in [-0.25, -0.2) is 4.79 Å². The van der Waals surface area contributed by atoms with E-state index in [1.165, 1.54) is 0 Å². The summed E-state index contributed by atoms with van der Waals surface area (Å²) in [6.45, 7) is 1.54. The lowest BCUT2D eigenvalue weighted by molar-refractivity contribution is -0.146. The Morgan fingerprint density at radius 3 is 2.72 bits per heavy atom. The molecule has 0 radical (unpaired) electrons. The lowest BCUT2D eigenvalue weighted by Gasteiger charge is -2.21. The van der Waals surface area contributed by atoms with Gasteiger partial charge in [-0.2, -0.15) is 0 Å². The molecule has 18 heavy (non-hydrogen) atoms. The van der Waals surface area contributed by atoms with Crippen LogP contribution in [0, 0.1) is 0 Å². The van der Waals surface area contributed by atoms with Crippen LogP contribution >= 0.6 is 0 Å². The van der Waals surface area contributed by atoms with E-state index < -0.39 is 12.1 Å². The first-order chi connectivity index (χ1) is 8.66. The first-order valence-electron chi connectivity index (χ1n) is 6.10. The number of aromatic nitrogens is 1. The Morgan fingerprint density at radius 1 is 1.44 bits per heavy atom. The number of hydrogen-bond acceptors (Lipinski definition) is 4. The quantitative estimate of drug-likeness (QED) is 0.833. The van der Waals surface area contributed by atoms with Gasteiger partial charge in [-0.1, -0.05) is 6.07 Å². The largest absolute Gasteiger partial charge is 0.479 e. The molecule has 5 nitrogen and oxygen atoms in total. The molecule has 0 amide bonds. The van der Waals surface area contributed by atoms with Crippen LogP contribution < -0.4 is 0 Å². The summed E-state index contributed by atoms with van der Waals surface area (Å²) in [6, 6.07) is 3.75. The van der Waals surface area contributed by atoms with Crippen molar-refractivity contribution in [3.63, 3.8) is 0 Å². The molecule has 1 aliphatic rings. The van der Waals surface area contributed by atoms with E-state index in [0.29, 0.717) is 5.92 Å². The van der Waals surface area contributed by atoms with Crippen molar-refractivity contribution in [1.29, 1.82) is 0 Å². The number of hydrogen-bond donors (Lipinski definition) is 2. The summed E-state index contributed by atoms with van der Waals surface area (Å²) in [5.74, 6) is -0.777. The number of aliphatic hydroxyl groups is 1. The second-order valence-corrected chi connectivity index (χ2v) is 4.54. The third-order valence-electron chi connectivity index (χ3n) is 3.20. The SMILES string of the molecule is O=C(O)C(O)Cc1ccc(C2CCOCC2)nc1. The van der Waals surface area contributed by atoms with Gasteiger partial charge >= 0.3 is 5.97 Å². The number of carboxylic acid groups (broad SMARTS) is 1. The van der Waals surface area contributed by atoms with Crippen molar-refractivity contribution >= 4 is 5.97 Å². The molecular formula is C13H17NO4. The standard InChI is InChI=1S/C13H17NO4/c15-12(13(16)17)7-9-1-2-11(14-8-9)10-3-5-18-6-4-10/h1-2,8,10,12,15H,3-7H2,(H,16,17). The molecule has 0 bridgehead atoms. The van der Waals surface area contributed by atoms with Gasteiger partial charge in [0, 0.05) is 37.4 Å². The predicted octanol–water partition coefficient (Wildman–Crippen LogP) is 0.964. The van der Waals surface area contributed by atoms with E-state index in [4.69, 9.17) is 9.84 Å². The highest BCUT2D eigenvalue weighted by molar-refractivity contribution is 5.72. The zero-order valence-corrected chi connectivity index (χ0v) is 10.1. The van der Waals surface area contributed by atoms with Crippen molar-refractivity contribution in [1.82, 2.24) is 4.98 Å². The van der Waals surface area contributed by atoms with Crippen molar-refractivity contribution in [2.75, 3.05) is 13.2 Å². The number of carboxylic acids is 1. The van der Waals surface area contributed by atoms with Crippen LogP contribution in [0.3, 0.4) is 0 Å². The summed E-state index contributed by atoms with van der Waals surface area (Å²) in [6.07, 6.45) is 2.34. The molecule has 1 fully saturated rings. The normalized spacial score (nSPS) is 18.5. The van der Waals surface area contributed by atoms with Gasteiger partial charge in [-0.05, 0) is 24.5 Å². The third-order valence-corrected chi connectivity index (χ3v) is 3.20. The molecule has 0 aromatic carbocycles. The molecule has 2 rings (SSSR count). The summed E-state index contributed by atoms with van der Waals surface area (Å²) in [5, 5.41) is 17.9. The summed E-state index contributed by atoms with van der Waals surface area (Å²) in [5.41, 5.74) is 1.76. The number of aliphatic carboxylic acids is 1. The van der Waals surface area contributed by atoms with Crippen molar-refractivity contribution in [2.24, 2.45) is 0 Å².